The fraction of sp³-hybridized carbons (Fsp3) is 0.750. The van der Waals surface area contributed by atoms with Crippen molar-refractivity contribution in [3.8, 4) is 0 Å². The summed E-state index contributed by atoms with van der Waals surface area (Å²) in [5, 5.41) is 6.84. The fourth-order valence-corrected chi connectivity index (χ4v) is 2.21. The van der Waals surface area contributed by atoms with Crippen molar-refractivity contribution in [1.29, 1.82) is 0 Å². The van der Waals surface area contributed by atoms with E-state index in [-0.39, 0.29) is 11.9 Å². The number of amides is 1. The molecule has 0 radical (unpaired) electrons. The number of carbonyl (C=O) groups excluding carboxylic acids is 1. The molecule has 0 spiro atoms. The minimum absolute atomic E-state index is 0.0768. The highest BCUT2D eigenvalue weighted by Gasteiger charge is 2.23. The molecule has 1 aliphatic rings. The van der Waals surface area contributed by atoms with Crippen LogP contribution in [0.25, 0.3) is 0 Å². The summed E-state index contributed by atoms with van der Waals surface area (Å²) in [6.07, 6.45) is 5.95. The highest BCUT2D eigenvalue weighted by Crippen LogP contribution is 2.17. The van der Waals surface area contributed by atoms with Gasteiger partial charge in [0.1, 0.15) is 0 Å². The molecule has 6 nitrogen and oxygen atoms in total. The molecule has 0 aromatic carbocycles. The summed E-state index contributed by atoms with van der Waals surface area (Å²) in [6.45, 7) is 2.40. The van der Waals surface area contributed by atoms with Crippen molar-refractivity contribution in [3.63, 3.8) is 0 Å². The van der Waals surface area contributed by atoms with Crippen LogP contribution in [0.1, 0.15) is 38.4 Å². The first-order valence-corrected chi connectivity index (χ1v) is 6.42. The van der Waals surface area contributed by atoms with Crippen LogP contribution in [0.2, 0.25) is 0 Å². The van der Waals surface area contributed by atoms with Crippen molar-refractivity contribution in [2.45, 2.75) is 51.2 Å². The summed E-state index contributed by atoms with van der Waals surface area (Å²) in [6, 6.07) is 0.169. The van der Waals surface area contributed by atoms with Gasteiger partial charge in [-0.25, -0.2) is 0 Å². The van der Waals surface area contributed by atoms with E-state index in [1.807, 2.05) is 18.9 Å². The summed E-state index contributed by atoms with van der Waals surface area (Å²) >= 11 is 0. The molecule has 1 heterocycles. The van der Waals surface area contributed by atoms with Crippen molar-refractivity contribution in [2.75, 3.05) is 7.05 Å². The molecule has 18 heavy (non-hydrogen) atoms. The lowest BCUT2D eigenvalue weighted by molar-refractivity contribution is -0.126. The molecule has 2 rings (SSSR count). The van der Waals surface area contributed by atoms with E-state index < -0.39 is 0 Å². The maximum Gasteiger partial charge on any atom is 0.237 e. The second-order valence-electron chi connectivity index (χ2n) is 4.93. The molecule has 0 aliphatic heterocycles. The van der Waals surface area contributed by atoms with Crippen LogP contribution in [-0.4, -0.2) is 40.1 Å². The summed E-state index contributed by atoms with van der Waals surface area (Å²) < 4.78 is 4.67. The molecule has 1 saturated carbocycles. The molecular weight excluding hydrogens is 232 g/mol. The average Bonchev–Trinajstić information content (AvgIpc) is 3.01. The zero-order valence-corrected chi connectivity index (χ0v) is 10.9. The van der Waals surface area contributed by atoms with Crippen molar-refractivity contribution < 1.29 is 9.32 Å². The molecule has 100 valence electrons. The Hall–Kier alpha value is -1.43. The van der Waals surface area contributed by atoms with Gasteiger partial charge in [0.25, 0.3) is 0 Å². The third-order valence-corrected chi connectivity index (χ3v) is 3.54. The van der Waals surface area contributed by atoms with Gasteiger partial charge in [-0.15, -0.1) is 0 Å². The van der Waals surface area contributed by atoms with Crippen LogP contribution in [0.15, 0.2) is 10.9 Å². The monoisotopic (exact) mass is 252 g/mol. The Morgan fingerprint density at radius 2 is 2.33 bits per heavy atom. The quantitative estimate of drug-likeness (QED) is 0.844. The number of carbonyl (C=O) groups is 1. The summed E-state index contributed by atoms with van der Waals surface area (Å²) in [5.41, 5.74) is 0. The van der Waals surface area contributed by atoms with Crippen LogP contribution in [0.5, 0.6) is 0 Å². The lowest BCUT2D eigenvalue weighted by atomic mass is 10.2. The van der Waals surface area contributed by atoms with Crippen molar-refractivity contribution in [2.24, 2.45) is 0 Å². The van der Waals surface area contributed by atoms with Gasteiger partial charge in [0.2, 0.25) is 12.3 Å². The molecule has 1 N–H and O–H groups in total. The van der Waals surface area contributed by atoms with Crippen molar-refractivity contribution >= 4 is 5.91 Å². The maximum absolute atomic E-state index is 12.1. The Morgan fingerprint density at radius 1 is 1.61 bits per heavy atom. The Kier molecular flexibility index (Phi) is 4.30. The molecule has 0 saturated heterocycles. The number of rotatable bonds is 5. The molecule has 1 aromatic rings. The summed E-state index contributed by atoms with van der Waals surface area (Å²) in [7, 11) is 1.88. The molecule has 6 heteroatoms. The number of nitrogens with zero attached hydrogens (tertiary/aromatic N) is 3. The van der Waals surface area contributed by atoms with Gasteiger partial charge in [-0.1, -0.05) is 18.0 Å². The number of hydrogen-bond acceptors (Lipinski definition) is 5. The fourth-order valence-electron chi connectivity index (χ4n) is 2.21. The average molecular weight is 252 g/mol. The van der Waals surface area contributed by atoms with Gasteiger partial charge in [0, 0.05) is 6.04 Å². The second-order valence-corrected chi connectivity index (χ2v) is 4.93. The van der Waals surface area contributed by atoms with Gasteiger partial charge < -0.3 is 9.84 Å². The van der Waals surface area contributed by atoms with Gasteiger partial charge in [-0.2, -0.15) is 4.98 Å². The van der Waals surface area contributed by atoms with Gasteiger partial charge >= 0.3 is 0 Å². The molecule has 1 atom stereocenters. The van der Waals surface area contributed by atoms with Gasteiger partial charge in [-0.05, 0) is 26.8 Å². The number of likely N-dealkylation sites (N-methyl/N-ethyl adjacent to an activating group) is 1. The van der Waals surface area contributed by atoms with Crippen LogP contribution in [0, 0.1) is 0 Å². The molecule has 0 bridgehead atoms. The van der Waals surface area contributed by atoms with Crippen LogP contribution >= 0.6 is 0 Å². The first-order valence-electron chi connectivity index (χ1n) is 6.42. The molecule has 1 unspecified atom stereocenters. The number of aromatic nitrogens is 2. The Morgan fingerprint density at radius 3 is 2.94 bits per heavy atom. The predicted octanol–water partition coefficient (Wildman–Crippen LogP) is 0.949. The first kappa shape index (κ1) is 13.0. The van der Waals surface area contributed by atoms with Crippen molar-refractivity contribution in [1.82, 2.24) is 20.4 Å². The zero-order valence-electron chi connectivity index (χ0n) is 10.9. The van der Waals surface area contributed by atoms with E-state index in [0.717, 1.165) is 12.8 Å². The zero-order chi connectivity index (χ0) is 13.0. The lowest BCUT2D eigenvalue weighted by Gasteiger charge is -2.24. The molecule has 1 amide bonds. The van der Waals surface area contributed by atoms with Crippen LogP contribution < -0.4 is 5.32 Å². The normalized spacial score (nSPS) is 18.2. The van der Waals surface area contributed by atoms with E-state index >= 15 is 0 Å². The predicted molar refractivity (Wildman–Crippen MR) is 65.6 cm³/mol. The van der Waals surface area contributed by atoms with E-state index in [1.54, 1.807) is 0 Å². The highest BCUT2D eigenvalue weighted by atomic mass is 16.5. The van der Waals surface area contributed by atoms with Crippen LogP contribution in [-0.2, 0) is 11.3 Å². The Labute approximate surface area is 107 Å². The summed E-state index contributed by atoms with van der Waals surface area (Å²) in [4.78, 5) is 17.9. The van der Waals surface area contributed by atoms with E-state index in [4.69, 9.17) is 0 Å². The minimum atomic E-state index is -0.191. The third-order valence-electron chi connectivity index (χ3n) is 3.54. The van der Waals surface area contributed by atoms with E-state index in [0.29, 0.717) is 18.4 Å². The van der Waals surface area contributed by atoms with Gasteiger partial charge in [-0.3, -0.25) is 9.69 Å². The lowest BCUT2D eigenvalue weighted by Crippen LogP contribution is -2.46. The second kappa shape index (κ2) is 5.95. The Bertz CT molecular complexity index is 373. The molecular formula is C12H20N4O2. The molecule has 1 aromatic heterocycles. The highest BCUT2D eigenvalue weighted by molar-refractivity contribution is 5.81. The number of nitrogens with one attached hydrogen (secondary N) is 1. The molecule has 1 aliphatic carbocycles. The van der Waals surface area contributed by atoms with Gasteiger partial charge in [0.05, 0.1) is 12.6 Å². The van der Waals surface area contributed by atoms with E-state index in [9.17, 15) is 4.79 Å². The Balaban J connectivity index is 1.81. The SMILES string of the molecule is CC(C(=O)NC1CCCC1)N(C)Cc1ncon1. The smallest absolute Gasteiger partial charge is 0.237 e. The molecule has 1 fully saturated rings. The maximum atomic E-state index is 12.1. The standard InChI is InChI=1S/C12H20N4O2/c1-9(12(17)14-10-5-3-4-6-10)16(2)7-11-13-8-18-15-11/h8-10H,3-7H2,1-2H3,(H,14,17). The van der Waals surface area contributed by atoms with E-state index in [1.165, 1.54) is 19.2 Å². The number of hydrogen-bond donors (Lipinski definition) is 1. The van der Waals surface area contributed by atoms with Crippen LogP contribution in [0.3, 0.4) is 0 Å². The summed E-state index contributed by atoms with van der Waals surface area (Å²) in [5.74, 6) is 0.672. The van der Waals surface area contributed by atoms with Crippen LogP contribution in [0.4, 0.5) is 0 Å². The van der Waals surface area contributed by atoms with E-state index in [2.05, 4.69) is 20.0 Å². The van der Waals surface area contributed by atoms with Crippen molar-refractivity contribution in [3.05, 3.63) is 12.2 Å². The minimum Gasteiger partial charge on any atom is -0.352 e. The third kappa shape index (κ3) is 3.29. The largest absolute Gasteiger partial charge is 0.352 e. The first-order chi connectivity index (χ1) is 8.66. The van der Waals surface area contributed by atoms with Gasteiger partial charge in [0.15, 0.2) is 5.82 Å². The topological polar surface area (TPSA) is 71.3 Å².